The minimum atomic E-state index is -4.32. The summed E-state index contributed by atoms with van der Waals surface area (Å²) in [5.74, 6) is 0. The molecule has 3 fully saturated rings. The van der Waals surface area contributed by atoms with Gasteiger partial charge in [0.25, 0.3) is 0 Å². The van der Waals surface area contributed by atoms with Crippen LogP contribution in [0.3, 0.4) is 0 Å². The van der Waals surface area contributed by atoms with Gasteiger partial charge in [-0.1, -0.05) is 44.6 Å². The summed E-state index contributed by atoms with van der Waals surface area (Å²) in [7, 11) is -3.81. The third-order valence-electron chi connectivity index (χ3n) is 9.36. The van der Waals surface area contributed by atoms with Crippen LogP contribution in [0.1, 0.15) is 69.8 Å². The number of hydrogen-bond acceptors (Lipinski definition) is 6. The summed E-state index contributed by atoms with van der Waals surface area (Å²) in [5.41, 5.74) is 0.951. The lowest BCUT2D eigenvalue weighted by Gasteiger charge is -2.50. The molecule has 2 atom stereocenters. The largest absolute Gasteiger partial charge is 0.403 e. The number of hydrogen-bond donors (Lipinski definition) is 3. The summed E-state index contributed by atoms with van der Waals surface area (Å²) >= 11 is 0. The molecular formula is C31H43F3N6O3S. The van der Waals surface area contributed by atoms with Crippen LogP contribution in [0, 0.1) is 5.41 Å². The molecule has 2 amide bonds. The molecule has 2 aromatic rings. The Labute approximate surface area is 258 Å². The molecule has 3 N–H and O–H groups in total. The summed E-state index contributed by atoms with van der Waals surface area (Å²) in [4.78, 5) is 18.4. The summed E-state index contributed by atoms with van der Waals surface area (Å²) in [6.07, 6.45) is 7.36. The third kappa shape index (κ3) is 8.29. The second-order valence-electron chi connectivity index (χ2n) is 12.4. The molecule has 3 heterocycles. The molecule has 44 heavy (non-hydrogen) atoms. The molecular weight excluding hydrogens is 593 g/mol. The van der Waals surface area contributed by atoms with Crippen LogP contribution in [-0.4, -0.2) is 73.2 Å². The average Bonchev–Trinajstić information content (AvgIpc) is 3.12. The lowest BCUT2D eigenvalue weighted by Crippen LogP contribution is -2.64. The molecule has 0 bridgehead atoms. The fourth-order valence-corrected chi connectivity index (χ4v) is 8.36. The highest BCUT2D eigenvalue weighted by molar-refractivity contribution is 7.89. The first-order valence-electron chi connectivity index (χ1n) is 15.6. The van der Waals surface area contributed by atoms with E-state index in [1.165, 1.54) is 28.6 Å². The molecule has 1 saturated carbocycles. The maximum Gasteiger partial charge on any atom is 0.403 e. The molecule has 1 aromatic heterocycles. The molecule has 242 valence electrons. The fourth-order valence-electron chi connectivity index (χ4n) is 6.94. The number of nitrogens with one attached hydrogen (secondary N) is 3. The average molecular weight is 637 g/mol. The number of piperidine rings is 1. The smallest absolute Gasteiger partial charge is 0.334 e. The predicted molar refractivity (Wildman–Crippen MR) is 162 cm³/mol. The first-order valence-corrected chi connectivity index (χ1v) is 17.1. The Balaban J connectivity index is 1.18. The zero-order valence-electron chi connectivity index (χ0n) is 25.0. The van der Waals surface area contributed by atoms with Crippen LogP contribution < -0.4 is 16.0 Å². The Morgan fingerprint density at radius 2 is 1.61 bits per heavy atom. The number of alkyl halides is 3. The highest BCUT2D eigenvalue weighted by Crippen LogP contribution is 2.47. The van der Waals surface area contributed by atoms with Crippen LogP contribution >= 0.6 is 0 Å². The van der Waals surface area contributed by atoms with Crippen molar-refractivity contribution in [1.82, 2.24) is 24.8 Å². The number of sulfonamides is 1. The first-order chi connectivity index (χ1) is 21.0. The zero-order chi connectivity index (χ0) is 31.2. The number of pyridine rings is 1. The summed E-state index contributed by atoms with van der Waals surface area (Å²) in [5, 5.41) is 8.32. The molecule has 1 aliphatic carbocycles. The van der Waals surface area contributed by atoms with Crippen molar-refractivity contribution in [3.05, 3.63) is 54.4 Å². The van der Waals surface area contributed by atoms with Crippen LogP contribution in [-0.2, 0) is 16.6 Å². The summed E-state index contributed by atoms with van der Waals surface area (Å²) < 4.78 is 70.5. The van der Waals surface area contributed by atoms with Crippen molar-refractivity contribution in [2.24, 2.45) is 5.41 Å². The van der Waals surface area contributed by atoms with Gasteiger partial charge in [-0.2, -0.15) is 17.5 Å². The second kappa shape index (κ2) is 14.1. The molecule has 3 aliphatic rings. The van der Waals surface area contributed by atoms with Gasteiger partial charge in [-0.15, -0.1) is 0 Å². The van der Waals surface area contributed by atoms with Crippen molar-refractivity contribution in [1.29, 1.82) is 0 Å². The van der Waals surface area contributed by atoms with Gasteiger partial charge >= 0.3 is 12.2 Å². The molecule has 13 heteroatoms. The number of carbonyl (C=O) groups is 1. The van der Waals surface area contributed by atoms with Crippen molar-refractivity contribution < 1.29 is 26.4 Å². The Bertz CT molecular complexity index is 1330. The monoisotopic (exact) mass is 636 g/mol. The van der Waals surface area contributed by atoms with E-state index in [1.54, 1.807) is 18.5 Å². The number of benzene rings is 1. The maximum atomic E-state index is 14.1. The van der Waals surface area contributed by atoms with Gasteiger partial charge in [0.1, 0.15) is 6.04 Å². The number of aromatic nitrogens is 1. The van der Waals surface area contributed by atoms with E-state index in [2.05, 4.69) is 20.9 Å². The van der Waals surface area contributed by atoms with E-state index in [0.29, 0.717) is 31.7 Å². The second-order valence-corrected chi connectivity index (χ2v) is 14.4. The van der Waals surface area contributed by atoms with Crippen molar-refractivity contribution in [3.8, 4) is 0 Å². The number of urea groups is 1. The molecule has 2 unspecified atom stereocenters. The van der Waals surface area contributed by atoms with E-state index in [4.69, 9.17) is 0 Å². The third-order valence-corrected chi connectivity index (χ3v) is 11.3. The van der Waals surface area contributed by atoms with Crippen LogP contribution in [0.25, 0.3) is 0 Å². The normalized spacial score (nSPS) is 24.2. The maximum absolute atomic E-state index is 14.1. The van der Waals surface area contributed by atoms with Gasteiger partial charge in [0.2, 0.25) is 10.0 Å². The number of anilines is 1. The first kappa shape index (κ1) is 32.6. The highest BCUT2D eigenvalue weighted by atomic mass is 32.2. The van der Waals surface area contributed by atoms with Gasteiger partial charge in [-0.25, -0.2) is 13.2 Å². The number of carbonyl (C=O) groups excluding carboxylic acids is 1. The van der Waals surface area contributed by atoms with Crippen molar-refractivity contribution in [2.45, 2.75) is 94.0 Å². The number of rotatable bonds is 6. The van der Waals surface area contributed by atoms with E-state index in [1.807, 2.05) is 11.0 Å². The van der Waals surface area contributed by atoms with Crippen LogP contribution in [0.4, 0.5) is 23.7 Å². The van der Waals surface area contributed by atoms with Crippen LogP contribution in [0.15, 0.2) is 53.7 Å². The van der Waals surface area contributed by atoms with E-state index >= 15 is 0 Å². The number of nitrogens with zero attached hydrogens (tertiary/aromatic N) is 3. The fraction of sp³-hybridized carbons (Fsp3) is 0.613. The Hall–Kier alpha value is -2.74. The molecule has 2 saturated heterocycles. The van der Waals surface area contributed by atoms with Crippen molar-refractivity contribution in [3.63, 3.8) is 0 Å². The number of halogens is 3. The molecule has 5 rings (SSSR count). The summed E-state index contributed by atoms with van der Waals surface area (Å²) in [6.45, 7) is 1.40. The number of piperazine rings is 1. The number of amides is 2. The molecule has 2 aliphatic heterocycles. The lowest BCUT2D eigenvalue weighted by atomic mass is 9.68. The summed E-state index contributed by atoms with van der Waals surface area (Å²) in [6, 6.07) is 7.62. The van der Waals surface area contributed by atoms with E-state index in [9.17, 15) is 26.4 Å². The van der Waals surface area contributed by atoms with Gasteiger partial charge in [0.05, 0.1) is 11.1 Å². The molecule has 9 nitrogen and oxygen atoms in total. The van der Waals surface area contributed by atoms with Crippen LogP contribution in [0.2, 0.25) is 0 Å². The lowest BCUT2D eigenvalue weighted by molar-refractivity contribution is -0.182. The molecule has 0 radical (unpaired) electrons. The zero-order valence-corrected chi connectivity index (χ0v) is 25.8. The van der Waals surface area contributed by atoms with E-state index < -0.39 is 34.4 Å². The highest BCUT2D eigenvalue weighted by Gasteiger charge is 2.51. The topological polar surface area (TPSA) is 107 Å². The van der Waals surface area contributed by atoms with Gasteiger partial charge in [0, 0.05) is 50.8 Å². The molecule has 1 aromatic carbocycles. The van der Waals surface area contributed by atoms with Gasteiger partial charge in [-0.05, 0) is 67.0 Å². The Morgan fingerprint density at radius 1 is 0.955 bits per heavy atom. The van der Waals surface area contributed by atoms with E-state index in [-0.39, 0.29) is 29.8 Å². The predicted octanol–water partition coefficient (Wildman–Crippen LogP) is 5.47. The minimum Gasteiger partial charge on any atom is -0.334 e. The quantitative estimate of drug-likeness (QED) is 0.389. The van der Waals surface area contributed by atoms with Gasteiger partial charge < -0.3 is 10.6 Å². The van der Waals surface area contributed by atoms with Crippen molar-refractivity contribution in [2.75, 3.05) is 31.5 Å². The van der Waals surface area contributed by atoms with Gasteiger partial charge in [0.15, 0.2) is 0 Å². The standard InChI is InChI=1S/C31H43F3N6O3S/c32-31(33,34)27-20-30(13-5-3-1-2-4-6-14-30)21-28(38-27)39-16-18-40(19-17-39)44(42,43)26-11-9-25(10-12-26)37-29(41)36-23-24-8-7-15-35-22-24/h7-12,15,22,27-28,38H,1-6,13-14,16-21,23H2,(H2,36,37,41). The minimum absolute atomic E-state index is 0.102. The Morgan fingerprint density at radius 3 is 2.23 bits per heavy atom. The van der Waals surface area contributed by atoms with Crippen LogP contribution in [0.5, 0.6) is 0 Å². The SMILES string of the molecule is O=C(NCc1cccnc1)Nc1ccc(S(=O)(=O)N2CCN(C3CC4(CCCCCCCC4)CC(C(F)(F)F)N3)CC2)cc1. The van der Waals surface area contributed by atoms with Crippen molar-refractivity contribution >= 4 is 21.7 Å². The Kier molecular flexibility index (Phi) is 10.5. The van der Waals surface area contributed by atoms with Gasteiger partial charge in [-0.3, -0.25) is 15.2 Å². The van der Waals surface area contributed by atoms with E-state index in [0.717, 1.165) is 56.9 Å². The molecule has 1 spiro atoms.